The lowest BCUT2D eigenvalue weighted by Gasteiger charge is -2.14. The summed E-state index contributed by atoms with van der Waals surface area (Å²) in [6.07, 6.45) is 3.29. The van der Waals surface area contributed by atoms with Crippen LogP contribution in [0.15, 0.2) is 18.6 Å². The van der Waals surface area contributed by atoms with Gasteiger partial charge in [0.05, 0.1) is 7.11 Å². The molecule has 0 fully saturated rings. The molecule has 6 nitrogen and oxygen atoms in total. The summed E-state index contributed by atoms with van der Waals surface area (Å²) in [5.74, 6) is 1.08. The highest BCUT2D eigenvalue weighted by atomic mass is 16.5. The van der Waals surface area contributed by atoms with Gasteiger partial charge in [-0.25, -0.2) is 19.9 Å². The van der Waals surface area contributed by atoms with Gasteiger partial charge in [0.25, 0.3) is 0 Å². The highest BCUT2D eigenvalue weighted by molar-refractivity contribution is 5.50. The number of hydrogen-bond acceptors (Lipinski definition) is 6. The van der Waals surface area contributed by atoms with Crippen LogP contribution in [0.2, 0.25) is 0 Å². The van der Waals surface area contributed by atoms with Crippen molar-refractivity contribution in [1.82, 2.24) is 25.3 Å². The Morgan fingerprint density at radius 1 is 1.30 bits per heavy atom. The first kappa shape index (κ1) is 14.3. The normalized spacial score (nSPS) is 12.2. The van der Waals surface area contributed by atoms with E-state index in [2.05, 4.69) is 39.1 Å². The fourth-order valence-corrected chi connectivity index (χ4v) is 2.01. The SMILES string of the molecule is CCNC(C)c1cnc(-c2cc(OC)ncn2)nc1C. The molecular weight excluding hydrogens is 254 g/mol. The van der Waals surface area contributed by atoms with Crippen LogP contribution in [-0.4, -0.2) is 33.6 Å². The average molecular weight is 273 g/mol. The standard InChI is InChI=1S/C14H19N5O/c1-5-15-9(2)11-7-16-14(19-10(11)3)12-6-13(20-4)18-8-17-12/h6-9,15H,5H2,1-4H3. The van der Waals surface area contributed by atoms with Gasteiger partial charge in [-0.1, -0.05) is 6.92 Å². The first-order valence-corrected chi connectivity index (χ1v) is 6.59. The molecule has 0 aliphatic rings. The molecule has 20 heavy (non-hydrogen) atoms. The molecule has 2 aromatic rings. The largest absolute Gasteiger partial charge is 0.481 e. The number of methoxy groups -OCH3 is 1. The molecule has 106 valence electrons. The lowest BCUT2D eigenvalue weighted by molar-refractivity contribution is 0.397. The van der Waals surface area contributed by atoms with Crippen molar-refractivity contribution in [3.63, 3.8) is 0 Å². The molecule has 0 radical (unpaired) electrons. The van der Waals surface area contributed by atoms with Crippen molar-refractivity contribution in [2.24, 2.45) is 0 Å². The molecule has 0 amide bonds. The van der Waals surface area contributed by atoms with E-state index in [1.165, 1.54) is 6.33 Å². The third-order valence-electron chi connectivity index (χ3n) is 3.07. The smallest absolute Gasteiger partial charge is 0.216 e. The molecule has 0 saturated carbocycles. The van der Waals surface area contributed by atoms with Crippen LogP contribution in [-0.2, 0) is 0 Å². The number of nitrogens with one attached hydrogen (secondary N) is 1. The molecule has 0 spiro atoms. The van der Waals surface area contributed by atoms with Gasteiger partial charge in [-0.3, -0.25) is 0 Å². The van der Waals surface area contributed by atoms with Crippen LogP contribution in [0.4, 0.5) is 0 Å². The Labute approximate surface area is 118 Å². The van der Waals surface area contributed by atoms with E-state index in [4.69, 9.17) is 4.74 Å². The van der Waals surface area contributed by atoms with Gasteiger partial charge in [0.1, 0.15) is 12.0 Å². The van der Waals surface area contributed by atoms with Crippen molar-refractivity contribution in [2.45, 2.75) is 26.8 Å². The van der Waals surface area contributed by atoms with E-state index in [9.17, 15) is 0 Å². The van der Waals surface area contributed by atoms with Gasteiger partial charge >= 0.3 is 0 Å². The second kappa shape index (κ2) is 6.38. The van der Waals surface area contributed by atoms with Crippen LogP contribution in [0, 0.1) is 6.92 Å². The molecule has 0 aromatic carbocycles. The van der Waals surface area contributed by atoms with Crippen molar-refractivity contribution in [3.8, 4) is 17.4 Å². The zero-order chi connectivity index (χ0) is 14.5. The molecule has 0 saturated heterocycles. The Hall–Kier alpha value is -2.08. The van der Waals surface area contributed by atoms with Crippen molar-refractivity contribution >= 4 is 0 Å². The third-order valence-corrected chi connectivity index (χ3v) is 3.07. The summed E-state index contributed by atoms with van der Waals surface area (Å²) in [5.41, 5.74) is 2.69. The fourth-order valence-electron chi connectivity index (χ4n) is 2.01. The maximum absolute atomic E-state index is 5.08. The molecule has 0 bridgehead atoms. The van der Waals surface area contributed by atoms with Gasteiger partial charge < -0.3 is 10.1 Å². The first-order valence-electron chi connectivity index (χ1n) is 6.59. The Bertz CT molecular complexity index is 588. The van der Waals surface area contributed by atoms with Crippen molar-refractivity contribution in [2.75, 3.05) is 13.7 Å². The molecule has 1 atom stereocenters. The number of hydrogen-bond donors (Lipinski definition) is 1. The third kappa shape index (κ3) is 3.08. The van der Waals surface area contributed by atoms with E-state index < -0.39 is 0 Å². The number of rotatable bonds is 5. The van der Waals surface area contributed by atoms with Gasteiger partial charge in [-0.05, 0) is 20.4 Å². The summed E-state index contributed by atoms with van der Waals surface area (Å²) >= 11 is 0. The molecule has 1 N–H and O–H groups in total. The van der Waals surface area contributed by atoms with E-state index in [0.717, 1.165) is 17.8 Å². The average Bonchev–Trinajstić information content (AvgIpc) is 2.47. The minimum absolute atomic E-state index is 0.231. The van der Waals surface area contributed by atoms with Crippen LogP contribution < -0.4 is 10.1 Å². The molecule has 2 heterocycles. The van der Waals surface area contributed by atoms with Gasteiger partial charge in [0, 0.05) is 29.6 Å². The molecule has 6 heteroatoms. The highest BCUT2D eigenvalue weighted by Gasteiger charge is 2.12. The van der Waals surface area contributed by atoms with E-state index in [0.29, 0.717) is 17.4 Å². The molecule has 2 rings (SSSR count). The van der Waals surface area contributed by atoms with Gasteiger partial charge in [0.15, 0.2) is 5.82 Å². The summed E-state index contributed by atoms with van der Waals surface area (Å²) in [4.78, 5) is 17.1. The predicted octanol–water partition coefficient (Wildman–Crippen LogP) is 1.92. The lowest BCUT2D eigenvalue weighted by atomic mass is 10.1. The molecule has 1 unspecified atom stereocenters. The fraction of sp³-hybridized carbons (Fsp3) is 0.429. The summed E-state index contributed by atoms with van der Waals surface area (Å²) < 4.78 is 5.08. The molecule has 0 aliphatic heterocycles. The van der Waals surface area contributed by atoms with Crippen LogP contribution in [0.5, 0.6) is 5.88 Å². The van der Waals surface area contributed by atoms with E-state index in [-0.39, 0.29) is 6.04 Å². The summed E-state index contributed by atoms with van der Waals surface area (Å²) in [6, 6.07) is 1.95. The predicted molar refractivity (Wildman–Crippen MR) is 76.4 cm³/mol. The van der Waals surface area contributed by atoms with E-state index in [1.807, 2.05) is 13.1 Å². The van der Waals surface area contributed by atoms with Crippen molar-refractivity contribution < 1.29 is 4.74 Å². The lowest BCUT2D eigenvalue weighted by Crippen LogP contribution is -2.19. The van der Waals surface area contributed by atoms with Gasteiger partial charge in [-0.2, -0.15) is 0 Å². The Morgan fingerprint density at radius 2 is 2.10 bits per heavy atom. The maximum atomic E-state index is 5.08. The van der Waals surface area contributed by atoms with Crippen LogP contribution in [0.25, 0.3) is 11.5 Å². The number of aromatic nitrogens is 4. The first-order chi connectivity index (χ1) is 9.65. The summed E-state index contributed by atoms with van der Waals surface area (Å²) in [7, 11) is 1.57. The van der Waals surface area contributed by atoms with Crippen molar-refractivity contribution in [1.29, 1.82) is 0 Å². The summed E-state index contributed by atoms with van der Waals surface area (Å²) in [5, 5.41) is 3.35. The monoisotopic (exact) mass is 273 g/mol. The second-order valence-electron chi connectivity index (χ2n) is 4.46. The van der Waals surface area contributed by atoms with E-state index >= 15 is 0 Å². The Kier molecular flexibility index (Phi) is 4.57. The minimum atomic E-state index is 0.231. The molecule has 2 aromatic heterocycles. The highest BCUT2D eigenvalue weighted by Crippen LogP contribution is 2.20. The molecule has 0 aliphatic carbocycles. The zero-order valence-electron chi connectivity index (χ0n) is 12.2. The number of nitrogens with zero attached hydrogens (tertiary/aromatic N) is 4. The quantitative estimate of drug-likeness (QED) is 0.897. The Balaban J connectivity index is 2.32. The maximum Gasteiger partial charge on any atom is 0.216 e. The van der Waals surface area contributed by atoms with Gasteiger partial charge in [-0.15, -0.1) is 0 Å². The Morgan fingerprint density at radius 3 is 2.75 bits per heavy atom. The summed E-state index contributed by atoms with van der Waals surface area (Å²) in [6.45, 7) is 7.06. The second-order valence-corrected chi connectivity index (χ2v) is 4.46. The topological polar surface area (TPSA) is 72.8 Å². The zero-order valence-corrected chi connectivity index (χ0v) is 12.2. The number of aryl methyl sites for hydroxylation is 1. The van der Waals surface area contributed by atoms with E-state index in [1.54, 1.807) is 13.2 Å². The van der Waals surface area contributed by atoms with Crippen LogP contribution in [0.1, 0.15) is 31.1 Å². The number of ether oxygens (including phenoxy) is 1. The molecular formula is C14H19N5O. The van der Waals surface area contributed by atoms with Gasteiger partial charge in [0.2, 0.25) is 5.88 Å². The van der Waals surface area contributed by atoms with Crippen LogP contribution in [0.3, 0.4) is 0 Å². The van der Waals surface area contributed by atoms with Crippen LogP contribution >= 0.6 is 0 Å². The minimum Gasteiger partial charge on any atom is -0.481 e. The van der Waals surface area contributed by atoms with Crippen molar-refractivity contribution in [3.05, 3.63) is 29.8 Å².